The molecule has 0 bridgehead atoms. The summed E-state index contributed by atoms with van der Waals surface area (Å²) in [5.74, 6) is 1.10. The second-order valence-electron chi connectivity index (χ2n) is 6.97. The van der Waals surface area contributed by atoms with E-state index in [-0.39, 0.29) is 11.7 Å². The van der Waals surface area contributed by atoms with E-state index in [4.69, 9.17) is 4.52 Å². The topological polar surface area (TPSA) is 106 Å². The van der Waals surface area contributed by atoms with E-state index >= 15 is 0 Å². The highest BCUT2D eigenvalue weighted by Gasteiger charge is 2.35. The SMILES string of the molecule is O=[N+]([O-])c1ccc(CN2C[C@H](O)C[C@H]2c2nc(Cc3ccccc3)no2)cc1. The van der Waals surface area contributed by atoms with Crippen LogP contribution < -0.4 is 0 Å². The Morgan fingerprint density at radius 1 is 1.14 bits per heavy atom. The van der Waals surface area contributed by atoms with Crippen LogP contribution in [0.5, 0.6) is 0 Å². The second kappa shape index (κ2) is 7.87. The molecule has 3 aromatic rings. The summed E-state index contributed by atoms with van der Waals surface area (Å²) in [6, 6.07) is 16.2. The number of likely N-dealkylation sites (tertiary alicyclic amines) is 1. The van der Waals surface area contributed by atoms with E-state index in [9.17, 15) is 15.2 Å². The Labute approximate surface area is 161 Å². The maximum absolute atomic E-state index is 10.8. The number of non-ortho nitro benzene ring substituents is 1. The molecule has 0 saturated carbocycles. The summed E-state index contributed by atoms with van der Waals surface area (Å²) in [7, 11) is 0. The van der Waals surface area contributed by atoms with Crippen LogP contribution in [0, 0.1) is 10.1 Å². The molecule has 1 aliphatic rings. The highest BCUT2D eigenvalue weighted by molar-refractivity contribution is 5.33. The van der Waals surface area contributed by atoms with Crippen LogP contribution in [0.15, 0.2) is 59.1 Å². The minimum Gasteiger partial charge on any atom is -0.392 e. The average Bonchev–Trinajstić information content (AvgIpc) is 3.29. The highest BCUT2D eigenvalue weighted by atomic mass is 16.6. The van der Waals surface area contributed by atoms with E-state index in [1.165, 1.54) is 12.1 Å². The Morgan fingerprint density at radius 3 is 2.61 bits per heavy atom. The van der Waals surface area contributed by atoms with Crippen LogP contribution in [-0.2, 0) is 13.0 Å². The van der Waals surface area contributed by atoms with Crippen molar-refractivity contribution in [2.75, 3.05) is 6.54 Å². The average molecular weight is 380 g/mol. The predicted octanol–water partition coefficient (Wildman–Crippen LogP) is 2.88. The number of nitro benzene ring substituents is 1. The Hall–Kier alpha value is -3.10. The number of aliphatic hydroxyl groups is 1. The van der Waals surface area contributed by atoms with E-state index in [0.717, 1.165) is 11.1 Å². The number of β-amino-alcohol motifs (C(OH)–C–C–N with tert-alkyl or cyclic N) is 1. The van der Waals surface area contributed by atoms with Crippen LogP contribution in [0.1, 0.15) is 35.3 Å². The van der Waals surface area contributed by atoms with Gasteiger partial charge >= 0.3 is 0 Å². The van der Waals surface area contributed by atoms with Gasteiger partial charge in [0.25, 0.3) is 5.69 Å². The first-order chi connectivity index (χ1) is 13.6. The molecule has 0 radical (unpaired) electrons. The van der Waals surface area contributed by atoms with E-state index in [2.05, 4.69) is 15.0 Å². The Kier molecular flexibility index (Phi) is 5.14. The monoisotopic (exact) mass is 380 g/mol. The van der Waals surface area contributed by atoms with Gasteiger partial charge in [0.15, 0.2) is 5.82 Å². The summed E-state index contributed by atoms with van der Waals surface area (Å²) < 4.78 is 5.48. The fourth-order valence-electron chi connectivity index (χ4n) is 3.52. The van der Waals surface area contributed by atoms with Crippen molar-refractivity contribution in [2.24, 2.45) is 0 Å². The van der Waals surface area contributed by atoms with Crippen LogP contribution in [0.4, 0.5) is 5.69 Å². The number of aromatic nitrogens is 2. The molecule has 2 aromatic carbocycles. The highest BCUT2D eigenvalue weighted by Crippen LogP contribution is 2.33. The Morgan fingerprint density at radius 2 is 1.89 bits per heavy atom. The molecule has 0 unspecified atom stereocenters. The van der Waals surface area contributed by atoms with E-state index in [1.54, 1.807) is 12.1 Å². The molecule has 28 heavy (non-hydrogen) atoms. The molecule has 144 valence electrons. The number of aliphatic hydroxyl groups excluding tert-OH is 1. The van der Waals surface area contributed by atoms with Crippen LogP contribution in [0.25, 0.3) is 0 Å². The molecule has 4 rings (SSSR count). The molecular weight excluding hydrogens is 360 g/mol. The molecule has 1 fully saturated rings. The second-order valence-corrected chi connectivity index (χ2v) is 6.97. The number of hydrogen-bond acceptors (Lipinski definition) is 7. The molecule has 8 nitrogen and oxygen atoms in total. The largest absolute Gasteiger partial charge is 0.392 e. The fraction of sp³-hybridized carbons (Fsp3) is 0.300. The van der Waals surface area contributed by atoms with Crippen molar-refractivity contribution in [3.63, 3.8) is 0 Å². The minimum atomic E-state index is -0.479. The van der Waals surface area contributed by atoms with Crippen molar-refractivity contribution in [1.82, 2.24) is 15.0 Å². The van der Waals surface area contributed by atoms with Gasteiger partial charge in [-0.3, -0.25) is 15.0 Å². The first kappa shape index (κ1) is 18.3. The summed E-state index contributed by atoms with van der Waals surface area (Å²) in [6.45, 7) is 1.02. The molecular formula is C20H20N4O4. The first-order valence-electron chi connectivity index (χ1n) is 9.10. The van der Waals surface area contributed by atoms with Gasteiger partial charge in [-0.25, -0.2) is 0 Å². The number of hydrogen-bond donors (Lipinski definition) is 1. The lowest BCUT2D eigenvalue weighted by atomic mass is 10.1. The van der Waals surface area contributed by atoms with E-state index in [1.807, 2.05) is 30.3 Å². The third kappa shape index (κ3) is 4.08. The number of nitro groups is 1. The zero-order valence-corrected chi connectivity index (χ0v) is 15.1. The molecule has 2 atom stereocenters. The molecule has 1 aromatic heterocycles. The van der Waals surface area contributed by atoms with Gasteiger partial charge in [0, 0.05) is 31.6 Å². The summed E-state index contributed by atoms with van der Waals surface area (Å²) in [5.41, 5.74) is 2.09. The number of rotatable bonds is 6. The van der Waals surface area contributed by atoms with Crippen LogP contribution >= 0.6 is 0 Å². The van der Waals surface area contributed by atoms with E-state index in [0.29, 0.717) is 37.6 Å². The maximum atomic E-state index is 10.8. The summed E-state index contributed by atoms with van der Waals surface area (Å²) in [4.78, 5) is 17.0. The number of benzene rings is 2. The lowest BCUT2D eigenvalue weighted by Crippen LogP contribution is -2.24. The molecule has 0 amide bonds. The molecule has 1 N–H and O–H groups in total. The van der Waals surface area contributed by atoms with Crippen LogP contribution in [0.3, 0.4) is 0 Å². The van der Waals surface area contributed by atoms with E-state index < -0.39 is 11.0 Å². The Bertz CT molecular complexity index is 942. The van der Waals surface area contributed by atoms with Gasteiger partial charge in [0.05, 0.1) is 17.1 Å². The molecule has 1 aliphatic heterocycles. The van der Waals surface area contributed by atoms with Crippen molar-refractivity contribution in [2.45, 2.75) is 31.5 Å². The van der Waals surface area contributed by atoms with Crippen LogP contribution in [0.2, 0.25) is 0 Å². The maximum Gasteiger partial charge on any atom is 0.269 e. The third-order valence-electron chi connectivity index (χ3n) is 4.89. The lowest BCUT2D eigenvalue weighted by molar-refractivity contribution is -0.384. The molecule has 8 heteroatoms. The summed E-state index contributed by atoms with van der Waals surface area (Å²) in [5, 5.41) is 25.0. The van der Waals surface area contributed by atoms with Gasteiger partial charge in [0.1, 0.15) is 0 Å². The van der Waals surface area contributed by atoms with Crippen molar-refractivity contribution in [3.05, 3.63) is 87.6 Å². The minimum absolute atomic E-state index is 0.0595. The van der Waals surface area contributed by atoms with Gasteiger partial charge in [-0.2, -0.15) is 4.98 Å². The lowest BCUT2D eigenvalue weighted by Gasteiger charge is -2.21. The number of nitrogens with zero attached hydrogens (tertiary/aromatic N) is 4. The zero-order chi connectivity index (χ0) is 19.5. The third-order valence-corrected chi connectivity index (χ3v) is 4.89. The van der Waals surface area contributed by atoms with Gasteiger partial charge in [-0.05, 0) is 17.5 Å². The normalized spacial score (nSPS) is 19.8. The predicted molar refractivity (Wildman–Crippen MR) is 100 cm³/mol. The molecule has 1 saturated heterocycles. The quantitative estimate of drug-likeness (QED) is 0.518. The zero-order valence-electron chi connectivity index (χ0n) is 15.1. The Balaban J connectivity index is 1.47. The first-order valence-corrected chi connectivity index (χ1v) is 9.10. The molecule has 2 heterocycles. The summed E-state index contributed by atoms with van der Waals surface area (Å²) >= 11 is 0. The smallest absolute Gasteiger partial charge is 0.269 e. The van der Waals surface area contributed by atoms with Crippen molar-refractivity contribution >= 4 is 5.69 Å². The molecule has 0 aliphatic carbocycles. The van der Waals surface area contributed by atoms with Gasteiger partial charge in [-0.1, -0.05) is 47.6 Å². The van der Waals surface area contributed by atoms with Crippen molar-refractivity contribution in [1.29, 1.82) is 0 Å². The molecule has 0 spiro atoms. The van der Waals surface area contributed by atoms with Gasteiger partial charge in [-0.15, -0.1) is 0 Å². The standard InChI is InChI=1S/C20H20N4O4/c25-17-11-18(20-21-19(22-28-20)10-14-4-2-1-3-5-14)23(13-17)12-15-6-8-16(9-7-15)24(26)27/h1-9,17-18,25H,10-13H2/t17-,18+/m1/s1. The van der Waals surface area contributed by atoms with Gasteiger partial charge in [0.2, 0.25) is 5.89 Å². The van der Waals surface area contributed by atoms with Crippen LogP contribution in [-0.4, -0.2) is 37.7 Å². The van der Waals surface area contributed by atoms with Crippen molar-refractivity contribution in [3.8, 4) is 0 Å². The summed E-state index contributed by atoms with van der Waals surface area (Å²) in [6.07, 6.45) is 0.620. The van der Waals surface area contributed by atoms with Crippen molar-refractivity contribution < 1.29 is 14.6 Å². The fourth-order valence-corrected chi connectivity index (χ4v) is 3.52. The van der Waals surface area contributed by atoms with Gasteiger partial charge < -0.3 is 9.63 Å².